The third-order valence-electron chi connectivity index (χ3n) is 5.34. The second-order valence-electron chi connectivity index (χ2n) is 7.24. The Bertz CT molecular complexity index is 1030. The van der Waals surface area contributed by atoms with Gasteiger partial charge in [-0.25, -0.2) is 0 Å². The van der Waals surface area contributed by atoms with Gasteiger partial charge in [0.15, 0.2) is 0 Å². The number of aromatic nitrogens is 2. The molecule has 27 heavy (non-hydrogen) atoms. The largest absolute Gasteiger partial charge is 0.369 e. The van der Waals surface area contributed by atoms with Crippen LogP contribution < -0.4 is 16.0 Å². The molecule has 2 N–H and O–H groups in total. The molecule has 4 rings (SSSR count). The first-order valence-corrected chi connectivity index (χ1v) is 9.39. The van der Waals surface area contributed by atoms with Crippen molar-refractivity contribution in [2.45, 2.75) is 12.8 Å². The van der Waals surface area contributed by atoms with Crippen LogP contribution in [0.1, 0.15) is 18.4 Å². The van der Waals surface area contributed by atoms with Gasteiger partial charge in [-0.2, -0.15) is 0 Å². The average Bonchev–Trinajstić information content (AvgIpc) is 2.70. The highest BCUT2D eigenvalue weighted by molar-refractivity contribution is 5.74. The quantitative estimate of drug-likeness (QED) is 0.696. The van der Waals surface area contributed by atoms with Gasteiger partial charge in [-0.3, -0.25) is 14.5 Å². The highest BCUT2D eigenvalue weighted by Gasteiger charge is 2.19. The van der Waals surface area contributed by atoms with Gasteiger partial charge in [0.05, 0.1) is 11.0 Å². The zero-order valence-electron chi connectivity index (χ0n) is 15.4. The number of rotatable bonds is 4. The molecule has 2 aromatic carbocycles. The molecule has 0 radical (unpaired) electrons. The van der Waals surface area contributed by atoms with E-state index in [1.54, 1.807) is 0 Å². The molecule has 0 bridgehead atoms. The van der Waals surface area contributed by atoms with Crippen LogP contribution in [0.3, 0.4) is 0 Å². The van der Waals surface area contributed by atoms with Crippen molar-refractivity contribution in [1.29, 1.82) is 0 Å². The van der Waals surface area contributed by atoms with E-state index in [-0.39, 0.29) is 0 Å². The first kappa shape index (κ1) is 17.5. The second-order valence-corrected chi connectivity index (χ2v) is 7.24. The molecule has 0 amide bonds. The Labute approximate surface area is 157 Å². The molecule has 2 heterocycles. The predicted octanol–water partition coefficient (Wildman–Crippen LogP) is 2.14. The minimum Gasteiger partial charge on any atom is -0.369 e. The monoisotopic (exact) mass is 364 g/mol. The minimum absolute atomic E-state index is 0.341. The Morgan fingerprint density at radius 2 is 1.56 bits per heavy atom. The van der Waals surface area contributed by atoms with Crippen molar-refractivity contribution in [3.05, 3.63) is 74.8 Å². The van der Waals surface area contributed by atoms with Crippen LogP contribution in [-0.2, 0) is 0 Å². The molecule has 1 saturated heterocycles. The lowest BCUT2D eigenvalue weighted by molar-refractivity contribution is 0.246. The smallest absolute Gasteiger partial charge is 0.314 e. The fourth-order valence-electron chi connectivity index (χ4n) is 3.76. The van der Waals surface area contributed by atoms with Gasteiger partial charge in [0.2, 0.25) is 0 Å². The van der Waals surface area contributed by atoms with Crippen molar-refractivity contribution in [1.82, 2.24) is 14.9 Å². The Morgan fingerprint density at radius 3 is 2.26 bits per heavy atom. The van der Waals surface area contributed by atoms with E-state index in [9.17, 15) is 9.59 Å². The molecule has 0 aliphatic carbocycles. The summed E-state index contributed by atoms with van der Waals surface area (Å²) in [6, 6.07) is 16.4. The number of aromatic amines is 2. The number of fused-ring (bicyclic) bond motifs is 1. The summed E-state index contributed by atoms with van der Waals surface area (Å²) in [4.78, 5) is 33.2. The van der Waals surface area contributed by atoms with Gasteiger partial charge in [0.25, 0.3) is 0 Å². The number of para-hydroxylation sites is 1. The first-order valence-electron chi connectivity index (χ1n) is 9.39. The molecule has 1 unspecified atom stereocenters. The summed E-state index contributed by atoms with van der Waals surface area (Å²) in [6.45, 7) is 7.32. The number of anilines is 1. The van der Waals surface area contributed by atoms with Gasteiger partial charge < -0.3 is 14.9 Å². The van der Waals surface area contributed by atoms with Gasteiger partial charge in [0.1, 0.15) is 0 Å². The predicted molar refractivity (Wildman–Crippen MR) is 109 cm³/mol. The molecule has 6 heteroatoms. The Balaban J connectivity index is 1.41. The summed E-state index contributed by atoms with van der Waals surface area (Å²) < 4.78 is 0. The van der Waals surface area contributed by atoms with Crippen LogP contribution >= 0.6 is 0 Å². The van der Waals surface area contributed by atoms with Crippen molar-refractivity contribution in [2.75, 3.05) is 37.6 Å². The fourth-order valence-corrected chi connectivity index (χ4v) is 3.76. The summed E-state index contributed by atoms with van der Waals surface area (Å²) in [5, 5.41) is 0. The molecular formula is C21H24N4O2. The minimum atomic E-state index is -0.611. The number of nitrogens with one attached hydrogen (secondary N) is 2. The zero-order valence-corrected chi connectivity index (χ0v) is 15.4. The molecule has 0 spiro atoms. The SMILES string of the molecule is CC(CN1CCN(c2ccccc2)CC1)c1ccc2[nH]c(=O)c(=O)[nH]c2c1. The third kappa shape index (κ3) is 3.80. The van der Waals surface area contributed by atoms with Crippen molar-refractivity contribution >= 4 is 16.7 Å². The molecule has 140 valence electrons. The fraction of sp³-hybridized carbons (Fsp3) is 0.333. The number of nitrogens with zero attached hydrogens (tertiary/aromatic N) is 2. The van der Waals surface area contributed by atoms with Crippen LogP contribution in [0, 0.1) is 0 Å². The van der Waals surface area contributed by atoms with Crippen molar-refractivity contribution in [2.24, 2.45) is 0 Å². The van der Waals surface area contributed by atoms with Crippen LogP contribution in [0.4, 0.5) is 5.69 Å². The van der Waals surface area contributed by atoms with Crippen molar-refractivity contribution < 1.29 is 0 Å². The van der Waals surface area contributed by atoms with Gasteiger partial charge in [-0.05, 0) is 35.7 Å². The molecule has 0 saturated carbocycles. The highest BCUT2D eigenvalue weighted by Crippen LogP contribution is 2.21. The summed E-state index contributed by atoms with van der Waals surface area (Å²) in [7, 11) is 0. The van der Waals surface area contributed by atoms with Gasteiger partial charge in [-0.1, -0.05) is 31.2 Å². The summed E-state index contributed by atoms with van der Waals surface area (Å²) >= 11 is 0. The van der Waals surface area contributed by atoms with E-state index in [1.807, 2.05) is 24.3 Å². The maximum atomic E-state index is 11.6. The maximum absolute atomic E-state index is 11.6. The molecular weight excluding hydrogens is 340 g/mol. The number of hydrogen-bond donors (Lipinski definition) is 2. The van der Waals surface area contributed by atoms with E-state index in [1.165, 1.54) is 5.69 Å². The number of H-pyrrole nitrogens is 2. The number of hydrogen-bond acceptors (Lipinski definition) is 4. The van der Waals surface area contributed by atoms with Crippen molar-refractivity contribution in [3.8, 4) is 0 Å². The summed E-state index contributed by atoms with van der Waals surface area (Å²) in [5.41, 5.74) is 2.57. The standard InChI is InChI=1S/C21H24N4O2/c1-15(16-7-8-18-19(13-16)23-21(27)20(26)22-18)14-24-9-11-25(12-10-24)17-5-3-2-4-6-17/h2-8,13,15H,9-12,14H2,1H3,(H,22,26)(H,23,27). The van der Waals surface area contributed by atoms with Crippen LogP contribution in [0.5, 0.6) is 0 Å². The number of piperazine rings is 1. The average molecular weight is 364 g/mol. The topological polar surface area (TPSA) is 72.2 Å². The Morgan fingerprint density at radius 1 is 0.889 bits per heavy atom. The van der Waals surface area contributed by atoms with E-state index in [4.69, 9.17) is 0 Å². The molecule has 1 aliphatic heterocycles. The van der Waals surface area contributed by atoms with Gasteiger partial charge in [0, 0.05) is 38.4 Å². The molecule has 6 nitrogen and oxygen atoms in total. The van der Waals surface area contributed by atoms with Crippen LogP contribution in [0.2, 0.25) is 0 Å². The van der Waals surface area contributed by atoms with Gasteiger partial charge >= 0.3 is 11.1 Å². The molecule has 1 fully saturated rings. The highest BCUT2D eigenvalue weighted by atomic mass is 16.2. The van der Waals surface area contributed by atoms with Gasteiger partial charge in [-0.15, -0.1) is 0 Å². The van der Waals surface area contributed by atoms with Crippen LogP contribution in [0.15, 0.2) is 58.1 Å². The van der Waals surface area contributed by atoms with E-state index >= 15 is 0 Å². The van der Waals surface area contributed by atoms with E-state index in [2.05, 4.69) is 51.0 Å². The summed E-state index contributed by atoms with van der Waals surface area (Å²) in [5.74, 6) is 0.341. The lowest BCUT2D eigenvalue weighted by Crippen LogP contribution is -2.47. The first-order chi connectivity index (χ1) is 13.1. The van der Waals surface area contributed by atoms with Crippen LogP contribution in [-0.4, -0.2) is 47.6 Å². The lowest BCUT2D eigenvalue weighted by Gasteiger charge is -2.37. The molecule has 3 aromatic rings. The van der Waals surface area contributed by atoms with E-state index in [0.717, 1.165) is 38.3 Å². The van der Waals surface area contributed by atoms with E-state index < -0.39 is 11.1 Å². The Kier molecular flexibility index (Phi) is 4.81. The lowest BCUT2D eigenvalue weighted by atomic mass is 9.99. The molecule has 1 aromatic heterocycles. The van der Waals surface area contributed by atoms with Crippen molar-refractivity contribution in [3.63, 3.8) is 0 Å². The normalized spacial score (nSPS) is 16.6. The maximum Gasteiger partial charge on any atom is 0.314 e. The third-order valence-corrected chi connectivity index (χ3v) is 5.34. The zero-order chi connectivity index (χ0) is 18.8. The summed E-state index contributed by atoms with van der Waals surface area (Å²) in [6.07, 6.45) is 0. The number of benzene rings is 2. The second kappa shape index (κ2) is 7.40. The van der Waals surface area contributed by atoms with Crippen LogP contribution in [0.25, 0.3) is 11.0 Å². The Hall–Kier alpha value is -2.86. The van der Waals surface area contributed by atoms with E-state index in [0.29, 0.717) is 17.0 Å². The molecule has 1 atom stereocenters. The molecule has 1 aliphatic rings.